The van der Waals surface area contributed by atoms with Gasteiger partial charge in [-0.25, -0.2) is 9.18 Å². The molecule has 2 aromatic carbocycles. The molecule has 0 amide bonds. The first-order valence-electron chi connectivity index (χ1n) is 9.66. The number of ether oxygens (including phenoxy) is 2. The molecule has 1 fully saturated rings. The van der Waals surface area contributed by atoms with Crippen molar-refractivity contribution in [3.63, 3.8) is 0 Å². The fraction of sp³-hybridized carbons (Fsp3) is 0.435. The Kier molecular flexibility index (Phi) is 6.33. The fourth-order valence-corrected chi connectivity index (χ4v) is 6.02. The van der Waals surface area contributed by atoms with Gasteiger partial charge in [0.15, 0.2) is 11.5 Å². The van der Waals surface area contributed by atoms with E-state index < -0.39 is 11.6 Å². The van der Waals surface area contributed by atoms with Crippen molar-refractivity contribution in [2.45, 2.75) is 51.0 Å². The highest BCUT2D eigenvalue weighted by Gasteiger charge is 2.29. The summed E-state index contributed by atoms with van der Waals surface area (Å²) >= 11 is 0. The number of hydrogen-bond donors (Lipinski definition) is 0. The van der Waals surface area contributed by atoms with Crippen molar-refractivity contribution >= 4 is 16.9 Å². The van der Waals surface area contributed by atoms with Crippen LogP contribution in [0.3, 0.4) is 0 Å². The lowest BCUT2D eigenvalue weighted by Gasteiger charge is -2.26. The highest BCUT2D eigenvalue weighted by Crippen LogP contribution is 2.31. The number of benzene rings is 2. The Morgan fingerprint density at radius 1 is 1.07 bits per heavy atom. The van der Waals surface area contributed by atoms with Crippen LogP contribution >= 0.6 is 0 Å². The van der Waals surface area contributed by atoms with Crippen LogP contribution in [0, 0.1) is 19.7 Å². The molecule has 5 heteroatoms. The van der Waals surface area contributed by atoms with Crippen LogP contribution in [-0.4, -0.2) is 24.1 Å². The second-order valence-electron chi connectivity index (χ2n) is 7.77. The Morgan fingerprint density at radius 3 is 2.21 bits per heavy atom. The van der Waals surface area contributed by atoms with Gasteiger partial charge in [-0.05, 0) is 81.5 Å². The normalized spacial score (nSPS) is 14.9. The molecule has 0 radical (unpaired) electrons. The van der Waals surface area contributed by atoms with Crippen molar-refractivity contribution < 1.29 is 18.7 Å². The third kappa shape index (κ3) is 4.88. The van der Waals surface area contributed by atoms with Crippen molar-refractivity contribution in [1.82, 2.24) is 0 Å². The molecule has 1 aliphatic heterocycles. The number of aryl methyl sites for hydroxylation is 2. The Hall–Kier alpha value is -2.01. The lowest BCUT2D eigenvalue weighted by atomic mass is 9.98. The molecule has 1 aliphatic rings. The maximum absolute atomic E-state index is 13.1. The summed E-state index contributed by atoms with van der Waals surface area (Å²) in [6.07, 6.45) is 2.63. The molecule has 0 saturated carbocycles. The molecule has 0 aliphatic carbocycles. The van der Waals surface area contributed by atoms with Gasteiger partial charge in [-0.15, -0.1) is 0 Å². The number of carbonyl (C=O) groups is 1. The molecule has 0 atom stereocenters. The van der Waals surface area contributed by atoms with Crippen LogP contribution in [0.5, 0.6) is 5.75 Å². The van der Waals surface area contributed by atoms with Crippen LogP contribution in [0.2, 0.25) is 0 Å². The third-order valence-electron chi connectivity index (χ3n) is 5.04. The van der Waals surface area contributed by atoms with E-state index in [1.807, 2.05) is 13.8 Å². The molecule has 150 valence electrons. The number of halogens is 1. The van der Waals surface area contributed by atoms with Crippen molar-refractivity contribution in [1.29, 1.82) is 0 Å². The monoisotopic (exact) mass is 403 g/mol. The van der Waals surface area contributed by atoms with Gasteiger partial charge in [0, 0.05) is 10.9 Å². The largest absolute Gasteiger partial charge is 0.481 e. The van der Waals surface area contributed by atoms with E-state index >= 15 is 0 Å². The summed E-state index contributed by atoms with van der Waals surface area (Å²) in [6.45, 7) is 7.47. The van der Waals surface area contributed by atoms with Gasteiger partial charge in [0.25, 0.3) is 0 Å². The standard InChI is InChI=1S/C23H28FO3S/c1-16-13-20(28-11-5-6-12-28)14-17(2)22(16)26-15-21(25)27-23(3,4)18-7-9-19(24)10-8-18/h7-10,13-14H,5-6,11-12,15H2,1-4H3/q+1. The zero-order valence-electron chi connectivity index (χ0n) is 17.0. The van der Waals surface area contributed by atoms with Crippen molar-refractivity contribution in [2.75, 3.05) is 18.1 Å². The van der Waals surface area contributed by atoms with E-state index in [1.165, 1.54) is 41.4 Å². The molecular formula is C23H28FO3S+. The van der Waals surface area contributed by atoms with Gasteiger partial charge in [0.1, 0.15) is 28.7 Å². The van der Waals surface area contributed by atoms with Gasteiger partial charge in [-0.3, -0.25) is 0 Å². The summed E-state index contributed by atoms with van der Waals surface area (Å²) in [5.74, 6) is 2.55. The van der Waals surface area contributed by atoms with E-state index in [9.17, 15) is 9.18 Å². The average Bonchev–Trinajstić information content (AvgIpc) is 3.15. The van der Waals surface area contributed by atoms with Crippen LogP contribution < -0.4 is 4.74 Å². The maximum Gasteiger partial charge on any atom is 0.345 e. The molecule has 3 rings (SSSR count). The molecule has 1 heterocycles. The molecule has 3 nitrogen and oxygen atoms in total. The number of carbonyl (C=O) groups excluding carboxylic acids is 1. The first-order valence-corrected chi connectivity index (χ1v) is 11.2. The summed E-state index contributed by atoms with van der Waals surface area (Å²) < 4.78 is 24.5. The van der Waals surface area contributed by atoms with Gasteiger partial charge in [-0.2, -0.15) is 0 Å². The number of esters is 1. The molecule has 0 spiro atoms. The Morgan fingerprint density at radius 2 is 1.64 bits per heavy atom. The molecule has 0 N–H and O–H groups in total. The van der Waals surface area contributed by atoms with Gasteiger partial charge in [0.05, 0.1) is 0 Å². The van der Waals surface area contributed by atoms with Crippen LogP contribution in [-0.2, 0) is 26.0 Å². The lowest BCUT2D eigenvalue weighted by molar-refractivity contribution is -0.159. The van der Waals surface area contributed by atoms with Crippen LogP contribution in [0.15, 0.2) is 41.3 Å². The third-order valence-corrected chi connectivity index (χ3v) is 7.51. The minimum atomic E-state index is -0.855. The predicted molar refractivity (Wildman–Crippen MR) is 112 cm³/mol. The SMILES string of the molecule is Cc1cc([S+]2CCCC2)cc(C)c1OCC(=O)OC(C)(C)c1ccc(F)cc1. The maximum atomic E-state index is 13.1. The van der Waals surface area contributed by atoms with E-state index in [0.717, 1.165) is 22.4 Å². The quantitative estimate of drug-likeness (QED) is 0.499. The highest BCUT2D eigenvalue weighted by atomic mass is 32.2. The molecule has 28 heavy (non-hydrogen) atoms. The lowest BCUT2D eigenvalue weighted by Crippen LogP contribution is -2.28. The zero-order chi connectivity index (χ0) is 20.3. The summed E-state index contributed by atoms with van der Waals surface area (Å²) in [4.78, 5) is 13.8. The highest BCUT2D eigenvalue weighted by molar-refractivity contribution is 7.97. The second-order valence-corrected chi connectivity index (χ2v) is 10.0. The summed E-state index contributed by atoms with van der Waals surface area (Å²) in [7, 11) is 0.358. The van der Waals surface area contributed by atoms with Crippen molar-refractivity contribution in [3.05, 3.63) is 58.9 Å². The summed E-state index contributed by atoms with van der Waals surface area (Å²) in [6, 6.07) is 10.4. The van der Waals surface area contributed by atoms with E-state index in [2.05, 4.69) is 12.1 Å². The summed E-state index contributed by atoms with van der Waals surface area (Å²) in [5.41, 5.74) is 1.99. The average molecular weight is 404 g/mol. The van der Waals surface area contributed by atoms with Crippen molar-refractivity contribution in [2.24, 2.45) is 0 Å². The zero-order valence-corrected chi connectivity index (χ0v) is 17.8. The number of rotatable bonds is 6. The minimum Gasteiger partial charge on any atom is -0.481 e. The Labute approximate surface area is 169 Å². The van der Waals surface area contributed by atoms with E-state index in [1.54, 1.807) is 26.0 Å². The molecule has 0 unspecified atom stereocenters. The molecular weight excluding hydrogens is 375 g/mol. The molecule has 0 aromatic heterocycles. The molecule has 0 bridgehead atoms. The second kappa shape index (κ2) is 8.56. The van der Waals surface area contributed by atoms with Crippen LogP contribution in [0.4, 0.5) is 4.39 Å². The Bertz CT molecular complexity index is 816. The first-order chi connectivity index (χ1) is 13.3. The van der Waals surface area contributed by atoms with Gasteiger partial charge in [0.2, 0.25) is 0 Å². The predicted octanol–water partition coefficient (Wildman–Crippen LogP) is 5.07. The van der Waals surface area contributed by atoms with Gasteiger partial charge >= 0.3 is 5.97 Å². The van der Waals surface area contributed by atoms with Crippen molar-refractivity contribution in [3.8, 4) is 5.75 Å². The van der Waals surface area contributed by atoms with Crippen LogP contribution in [0.1, 0.15) is 43.4 Å². The first kappa shape index (κ1) is 20.7. The van der Waals surface area contributed by atoms with E-state index in [0.29, 0.717) is 10.9 Å². The topological polar surface area (TPSA) is 35.5 Å². The van der Waals surface area contributed by atoms with Gasteiger partial charge < -0.3 is 9.47 Å². The molecule has 1 saturated heterocycles. The van der Waals surface area contributed by atoms with Gasteiger partial charge in [-0.1, -0.05) is 12.1 Å². The Balaban J connectivity index is 1.63. The van der Waals surface area contributed by atoms with Crippen LogP contribution in [0.25, 0.3) is 0 Å². The smallest absolute Gasteiger partial charge is 0.345 e. The summed E-state index contributed by atoms with van der Waals surface area (Å²) in [5, 5.41) is 0. The van der Waals surface area contributed by atoms with E-state index in [-0.39, 0.29) is 12.4 Å². The minimum absolute atomic E-state index is 0.155. The fourth-order valence-electron chi connectivity index (χ4n) is 3.55. The number of hydrogen-bond acceptors (Lipinski definition) is 3. The molecule has 2 aromatic rings. The van der Waals surface area contributed by atoms with E-state index in [4.69, 9.17) is 9.47 Å².